The highest BCUT2D eigenvalue weighted by Gasteiger charge is 2.04. The van der Waals surface area contributed by atoms with E-state index in [1.807, 2.05) is 30.3 Å². The van der Waals surface area contributed by atoms with Gasteiger partial charge in [-0.05, 0) is 24.3 Å². The van der Waals surface area contributed by atoms with Gasteiger partial charge in [-0.3, -0.25) is 0 Å². The second-order valence-corrected chi connectivity index (χ2v) is 3.33. The second-order valence-electron chi connectivity index (χ2n) is 2.94. The molecule has 0 saturated carbocycles. The zero-order chi connectivity index (χ0) is 10.7. The van der Waals surface area contributed by atoms with Gasteiger partial charge in [-0.15, -0.1) is 0 Å². The van der Waals surface area contributed by atoms with Gasteiger partial charge in [0.05, 0.1) is 5.69 Å². The van der Waals surface area contributed by atoms with E-state index in [2.05, 4.69) is 4.98 Å². The third-order valence-corrected chi connectivity index (χ3v) is 2.02. The van der Waals surface area contributed by atoms with Crippen LogP contribution in [0.3, 0.4) is 0 Å². The highest BCUT2D eigenvalue weighted by molar-refractivity contribution is 6.29. The first-order chi connectivity index (χ1) is 7.25. The van der Waals surface area contributed by atoms with Gasteiger partial charge < -0.3 is 10.5 Å². The molecule has 0 aliphatic carbocycles. The number of pyridine rings is 1. The summed E-state index contributed by atoms with van der Waals surface area (Å²) >= 11 is 5.74. The lowest BCUT2D eigenvalue weighted by atomic mass is 10.3. The molecular formula is C11H9ClN2O. The minimum Gasteiger partial charge on any atom is -0.437 e. The van der Waals surface area contributed by atoms with Gasteiger partial charge in [0, 0.05) is 0 Å². The van der Waals surface area contributed by atoms with Crippen molar-refractivity contribution in [1.82, 2.24) is 4.98 Å². The molecule has 0 aliphatic rings. The largest absolute Gasteiger partial charge is 0.437 e. The summed E-state index contributed by atoms with van der Waals surface area (Å²) in [6.07, 6.45) is 0. The number of benzene rings is 1. The lowest BCUT2D eigenvalue weighted by Crippen LogP contribution is -1.94. The van der Waals surface area contributed by atoms with Crippen molar-refractivity contribution < 1.29 is 4.74 Å². The van der Waals surface area contributed by atoms with E-state index in [9.17, 15) is 0 Å². The summed E-state index contributed by atoms with van der Waals surface area (Å²) in [5, 5.41) is 0.357. The number of nitrogens with two attached hydrogens (primary N) is 1. The monoisotopic (exact) mass is 220 g/mol. The number of para-hydroxylation sites is 1. The van der Waals surface area contributed by atoms with E-state index in [0.29, 0.717) is 22.5 Å². The fraction of sp³-hybridized carbons (Fsp3) is 0. The number of nitrogens with zero attached hydrogens (tertiary/aromatic N) is 1. The van der Waals surface area contributed by atoms with Crippen molar-refractivity contribution in [3.8, 4) is 11.6 Å². The highest BCUT2D eigenvalue weighted by atomic mass is 35.5. The average Bonchev–Trinajstić information content (AvgIpc) is 2.25. The Morgan fingerprint density at radius 2 is 1.80 bits per heavy atom. The molecule has 4 heteroatoms. The van der Waals surface area contributed by atoms with Crippen LogP contribution in [-0.4, -0.2) is 4.98 Å². The fourth-order valence-corrected chi connectivity index (χ4v) is 1.25. The summed E-state index contributed by atoms with van der Waals surface area (Å²) in [7, 11) is 0. The van der Waals surface area contributed by atoms with Crippen molar-refractivity contribution in [3.63, 3.8) is 0 Å². The number of hydrogen-bond donors (Lipinski definition) is 1. The molecule has 0 radical (unpaired) electrons. The first kappa shape index (κ1) is 9.80. The standard InChI is InChI=1S/C11H9ClN2O/c12-10-7-6-9(13)11(14-10)15-8-4-2-1-3-5-8/h1-7H,13H2. The Morgan fingerprint density at radius 3 is 2.53 bits per heavy atom. The van der Waals surface area contributed by atoms with Gasteiger partial charge in [-0.25, -0.2) is 0 Å². The van der Waals surface area contributed by atoms with Gasteiger partial charge >= 0.3 is 0 Å². The maximum Gasteiger partial charge on any atom is 0.244 e. The minimum atomic E-state index is 0.328. The summed E-state index contributed by atoms with van der Waals surface area (Å²) < 4.78 is 5.47. The van der Waals surface area contributed by atoms with Crippen molar-refractivity contribution >= 4 is 17.3 Å². The Balaban J connectivity index is 2.28. The van der Waals surface area contributed by atoms with Gasteiger partial charge in [0.2, 0.25) is 5.88 Å². The van der Waals surface area contributed by atoms with Crippen LogP contribution < -0.4 is 10.5 Å². The van der Waals surface area contributed by atoms with Crippen LogP contribution >= 0.6 is 11.6 Å². The molecule has 0 fully saturated rings. The van der Waals surface area contributed by atoms with E-state index < -0.39 is 0 Å². The Bertz CT molecular complexity index is 459. The molecule has 0 unspecified atom stereocenters. The number of aromatic nitrogens is 1. The smallest absolute Gasteiger partial charge is 0.244 e. The van der Waals surface area contributed by atoms with Crippen LogP contribution in [0.1, 0.15) is 0 Å². The molecule has 3 nitrogen and oxygen atoms in total. The lowest BCUT2D eigenvalue weighted by Gasteiger charge is -2.06. The van der Waals surface area contributed by atoms with E-state index in [1.165, 1.54) is 0 Å². The number of anilines is 1. The second kappa shape index (κ2) is 4.19. The van der Waals surface area contributed by atoms with E-state index in [0.717, 1.165) is 0 Å². The molecule has 76 valence electrons. The fourth-order valence-electron chi connectivity index (χ4n) is 1.11. The molecule has 0 spiro atoms. The zero-order valence-corrected chi connectivity index (χ0v) is 8.61. The molecule has 0 bridgehead atoms. The van der Waals surface area contributed by atoms with Gasteiger partial charge in [-0.1, -0.05) is 29.8 Å². The normalized spacial score (nSPS) is 9.93. The Morgan fingerprint density at radius 1 is 1.07 bits per heavy atom. The van der Waals surface area contributed by atoms with Crippen molar-refractivity contribution in [2.24, 2.45) is 0 Å². The zero-order valence-electron chi connectivity index (χ0n) is 7.85. The SMILES string of the molecule is Nc1ccc(Cl)nc1Oc1ccccc1. The van der Waals surface area contributed by atoms with Crippen molar-refractivity contribution in [2.75, 3.05) is 5.73 Å². The Hall–Kier alpha value is -1.74. The number of halogens is 1. The quantitative estimate of drug-likeness (QED) is 0.792. The molecule has 1 aromatic heterocycles. The van der Waals surface area contributed by atoms with Gasteiger partial charge in [0.25, 0.3) is 0 Å². The molecule has 2 N–H and O–H groups in total. The molecule has 0 amide bonds. The minimum absolute atomic E-state index is 0.328. The van der Waals surface area contributed by atoms with Crippen molar-refractivity contribution in [2.45, 2.75) is 0 Å². The number of rotatable bonds is 2. The van der Waals surface area contributed by atoms with E-state index >= 15 is 0 Å². The molecule has 1 heterocycles. The predicted molar refractivity (Wildman–Crippen MR) is 60.2 cm³/mol. The summed E-state index contributed by atoms with van der Waals surface area (Å²) in [6.45, 7) is 0. The van der Waals surface area contributed by atoms with Crippen LogP contribution in [0.2, 0.25) is 5.15 Å². The highest BCUT2D eigenvalue weighted by Crippen LogP contribution is 2.26. The summed E-state index contributed by atoms with van der Waals surface area (Å²) in [6, 6.07) is 12.6. The molecule has 2 rings (SSSR count). The average molecular weight is 221 g/mol. The molecule has 0 atom stereocenters. The number of nitrogen functional groups attached to an aromatic ring is 1. The lowest BCUT2D eigenvalue weighted by molar-refractivity contribution is 0.466. The molecule has 0 saturated heterocycles. The first-order valence-corrected chi connectivity index (χ1v) is 4.78. The van der Waals surface area contributed by atoms with Crippen LogP contribution in [-0.2, 0) is 0 Å². The summed E-state index contributed by atoms with van der Waals surface area (Å²) in [5.41, 5.74) is 6.15. The topological polar surface area (TPSA) is 48.1 Å². The van der Waals surface area contributed by atoms with Gasteiger partial charge in [-0.2, -0.15) is 4.98 Å². The number of ether oxygens (including phenoxy) is 1. The van der Waals surface area contributed by atoms with Gasteiger partial charge in [0.1, 0.15) is 10.9 Å². The molecule has 2 aromatic rings. The maximum atomic E-state index is 5.74. The predicted octanol–water partition coefficient (Wildman–Crippen LogP) is 3.11. The Labute approximate surface area is 92.5 Å². The third kappa shape index (κ3) is 2.39. The van der Waals surface area contributed by atoms with E-state index in [1.54, 1.807) is 12.1 Å². The van der Waals surface area contributed by atoms with E-state index in [-0.39, 0.29) is 0 Å². The van der Waals surface area contributed by atoms with Crippen LogP contribution in [0.15, 0.2) is 42.5 Å². The summed E-state index contributed by atoms with van der Waals surface area (Å²) in [4.78, 5) is 3.99. The molecule has 1 aromatic carbocycles. The number of hydrogen-bond acceptors (Lipinski definition) is 3. The van der Waals surface area contributed by atoms with Crippen LogP contribution in [0, 0.1) is 0 Å². The Kier molecular flexibility index (Phi) is 2.74. The van der Waals surface area contributed by atoms with Crippen LogP contribution in [0.5, 0.6) is 11.6 Å². The first-order valence-electron chi connectivity index (χ1n) is 4.40. The van der Waals surface area contributed by atoms with Gasteiger partial charge in [0.15, 0.2) is 0 Å². The third-order valence-electron chi connectivity index (χ3n) is 1.81. The summed E-state index contributed by atoms with van der Waals surface area (Å²) in [5.74, 6) is 1.01. The van der Waals surface area contributed by atoms with E-state index in [4.69, 9.17) is 22.1 Å². The van der Waals surface area contributed by atoms with Crippen molar-refractivity contribution in [1.29, 1.82) is 0 Å². The van der Waals surface area contributed by atoms with Crippen molar-refractivity contribution in [3.05, 3.63) is 47.6 Å². The maximum absolute atomic E-state index is 5.74. The molecule has 15 heavy (non-hydrogen) atoms. The van der Waals surface area contributed by atoms with Crippen LogP contribution in [0.25, 0.3) is 0 Å². The van der Waals surface area contributed by atoms with Crippen LogP contribution in [0.4, 0.5) is 5.69 Å². The molecule has 0 aliphatic heterocycles. The molecular weight excluding hydrogens is 212 g/mol.